The van der Waals surface area contributed by atoms with E-state index in [9.17, 15) is 5.11 Å². The second-order valence-electron chi connectivity index (χ2n) is 4.98. The lowest BCUT2D eigenvalue weighted by atomic mass is 9.81. The van der Waals surface area contributed by atoms with Crippen molar-refractivity contribution < 1.29 is 5.11 Å². The summed E-state index contributed by atoms with van der Waals surface area (Å²) in [6.45, 7) is 5.23. The highest BCUT2D eigenvalue weighted by molar-refractivity contribution is 9.11. The molecule has 1 aromatic heterocycles. The maximum atomic E-state index is 10.4. The largest absolute Gasteiger partial charge is 0.385 e. The van der Waals surface area contributed by atoms with Gasteiger partial charge in [0.15, 0.2) is 0 Å². The summed E-state index contributed by atoms with van der Waals surface area (Å²) < 4.78 is 1.24. The van der Waals surface area contributed by atoms with E-state index in [0.29, 0.717) is 14.9 Å². The molecule has 1 fully saturated rings. The summed E-state index contributed by atoms with van der Waals surface area (Å²) in [5, 5.41) is 13.8. The molecule has 1 aliphatic heterocycles. The first-order chi connectivity index (χ1) is 7.92. The molecule has 0 aromatic carbocycles. The van der Waals surface area contributed by atoms with Crippen molar-refractivity contribution in [1.29, 1.82) is 0 Å². The maximum absolute atomic E-state index is 10.4. The molecule has 0 aliphatic carbocycles. The van der Waals surface area contributed by atoms with Crippen LogP contribution in [-0.2, 0) is 0 Å². The van der Waals surface area contributed by atoms with Crippen molar-refractivity contribution in [1.82, 2.24) is 15.3 Å². The third-order valence-corrected chi connectivity index (χ3v) is 4.26. The second kappa shape index (κ2) is 4.91. The average Bonchev–Trinajstić information content (AvgIpc) is 2.57. The Labute approximate surface area is 117 Å². The summed E-state index contributed by atoms with van der Waals surface area (Å²) in [6, 6.07) is 0.00859. The molecule has 94 valence electrons. The highest BCUT2D eigenvalue weighted by atomic mass is 79.9. The summed E-state index contributed by atoms with van der Waals surface area (Å²) in [5.41, 5.74) is 0.647. The molecule has 0 amide bonds. The molecule has 0 bridgehead atoms. The van der Waals surface area contributed by atoms with Gasteiger partial charge in [-0.3, -0.25) is 4.98 Å². The lowest BCUT2D eigenvalue weighted by Crippen LogP contribution is -2.38. The molecular weight excluding hydrogens is 350 g/mol. The highest BCUT2D eigenvalue weighted by Crippen LogP contribution is 2.37. The molecule has 1 saturated heterocycles. The van der Waals surface area contributed by atoms with E-state index in [-0.39, 0.29) is 11.5 Å². The number of aliphatic hydroxyl groups is 1. The standard InChI is InChI=1S/C11H15Br2N3O/c1-11(2)3-4-14-9(11)8(17)7-10(13)16-6(12)5-15-7/h5,8-9,14,17H,3-4H2,1-2H3. The summed E-state index contributed by atoms with van der Waals surface area (Å²) >= 11 is 6.59. The first-order valence-corrected chi connectivity index (χ1v) is 7.10. The van der Waals surface area contributed by atoms with E-state index < -0.39 is 6.10 Å². The summed E-state index contributed by atoms with van der Waals surface area (Å²) in [6.07, 6.45) is 2.00. The number of hydrogen-bond donors (Lipinski definition) is 2. The predicted octanol–water partition coefficient (Wildman–Crippen LogP) is 2.42. The van der Waals surface area contributed by atoms with Gasteiger partial charge in [-0.1, -0.05) is 13.8 Å². The minimum absolute atomic E-state index is 0.00859. The van der Waals surface area contributed by atoms with Crippen LogP contribution >= 0.6 is 31.9 Å². The number of nitrogens with zero attached hydrogens (tertiary/aromatic N) is 2. The topological polar surface area (TPSA) is 58.0 Å². The lowest BCUT2D eigenvalue weighted by molar-refractivity contribution is 0.0844. The number of hydrogen-bond acceptors (Lipinski definition) is 4. The Kier molecular flexibility index (Phi) is 3.87. The van der Waals surface area contributed by atoms with Crippen LogP contribution < -0.4 is 5.32 Å². The van der Waals surface area contributed by atoms with E-state index in [4.69, 9.17) is 0 Å². The number of aliphatic hydroxyl groups excluding tert-OH is 1. The van der Waals surface area contributed by atoms with Gasteiger partial charge in [0.05, 0.1) is 6.20 Å². The van der Waals surface area contributed by atoms with Crippen LogP contribution in [0.3, 0.4) is 0 Å². The molecular formula is C11H15Br2N3O. The molecule has 2 N–H and O–H groups in total. The van der Waals surface area contributed by atoms with Gasteiger partial charge in [-0.25, -0.2) is 4.98 Å². The molecule has 0 saturated carbocycles. The van der Waals surface area contributed by atoms with Crippen LogP contribution in [0.15, 0.2) is 15.4 Å². The van der Waals surface area contributed by atoms with Gasteiger partial charge in [0, 0.05) is 6.04 Å². The molecule has 6 heteroatoms. The summed E-state index contributed by atoms with van der Waals surface area (Å²) in [5.74, 6) is 0. The van der Waals surface area contributed by atoms with E-state index >= 15 is 0 Å². The molecule has 2 unspecified atom stereocenters. The predicted molar refractivity (Wildman–Crippen MR) is 72.6 cm³/mol. The number of rotatable bonds is 2. The van der Waals surface area contributed by atoms with Crippen molar-refractivity contribution in [3.63, 3.8) is 0 Å². The van der Waals surface area contributed by atoms with Crippen LogP contribution in [0.4, 0.5) is 0 Å². The van der Waals surface area contributed by atoms with Gasteiger partial charge in [-0.15, -0.1) is 0 Å². The fourth-order valence-corrected chi connectivity index (χ4v) is 3.28. The Morgan fingerprint density at radius 2 is 2.24 bits per heavy atom. The maximum Gasteiger partial charge on any atom is 0.131 e. The quantitative estimate of drug-likeness (QED) is 0.846. The lowest BCUT2D eigenvalue weighted by Gasteiger charge is -2.30. The van der Waals surface area contributed by atoms with Crippen molar-refractivity contribution >= 4 is 31.9 Å². The fourth-order valence-electron chi connectivity index (χ4n) is 2.23. The van der Waals surface area contributed by atoms with Gasteiger partial charge < -0.3 is 10.4 Å². The summed E-state index contributed by atoms with van der Waals surface area (Å²) in [4.78, 5) is 8.44. The minimum Gasteiger partial charge on any atom is -0.385 e. The smallest absolute Gasteiger partial charge is 0.131 e. The van der Waals surface area contributed by atoms with E-state index in [1.807, 2.05) is 0 Å². The first kappa shape index (κ1) is 13.4. The fraction of sp³-hybridized carbons (Fsp3) is 0.636. The second-order valence-corrected chi connectivity index (χ2v) is 6.55. The van der Waals surface area contributed by atoms with Crippen LogP contribution in [0, 0.1) is 5.41 Å². The molecule has 2 heterocycles. The van der Waals surface area contributed by atoms with E-state index in [1.165, 1.54) is 0 Å². The van der Waals surface area contributed by atoms with Crippen molar-refractivity contribution in [3.8, 4) is 0 Å². The van der Waals surface area contributed by atoms with Crippen molar-refractivity contribution in [2.45, 2.75) is 32.4 Å². The molecule has 2 atom stereocenters. The van der Waals surface area contributed by atoms with E-state index in [0.717, 1.165) is 13.0 Å². The van der Waals surface area contributed by atoms with Crippen molar-refractivity contribution in [3.05, 3.63) is 21.1 Å². The molecule has 17 heavy (non-hydrogen) atoms. The minimum atomic E-state index is -0.650. The molecule has 1 aliphatic rings. The number of halogens is 2. The zero-order chi connectivity index (χ0) is 12.6. The Balaban J connectivity index is 2.28. The van der Waals surface area contributed by atoms with Crippen LogP contribution in [0.2, 0.25) is 0 Å². The van der Waals surface area contributed by atoms with Crippen LogP contribution in [-0.4, -0.2) is 27.7 Å². The third kappa shape index (κ3) is 2.70. The van der Waals surface area contributed by atoms with Gasteiger partial charge in [-0.2, -0.15) is 0 Å². The SMILES string of the molecule is CC1(C)CCNC1C(O)c1ncc(Br)nc1Br. The molecule has 0 spiro atoms. The van der Waals surface area contributed by atoms with E-state index in [1.54, 1.807) is 6.20 Å². The Bertz CT molecular complexity index is 425. The normalized spacial score (nSPS) is 24.9. The number of aromatic nitrogens is 2. The van der Waals surface area contributed by atoms with Gasteiger partial charge in [0.2, 0.25) is 0 Å². The van der Waals surface area contributed by atoms with Crippen molar-refractivity contribution in [2.75, 3.05) is 6.54 Å². The van der Waals surface area contributed by atoms with E-state index in [2.05, 4.69) is 61.0 Å². The van der Waals surface area contributed by atoms with Crippen molar-refractivity contribution in [2.24, 2.45) is 5.41 Å². The van der Waals surface area contributed by atoms with Gasteiger partial charge in [0.1, 0.15) is 21.0 Å². The number of nitrogens with one attached hydrogen (secondary N) is 1. The average molecular weight is 365 g/mol. The van der Waals surface area contributed by atoms with Crippen LogP contribution in [0.25, 0.3) is 0 Å². The molecule has 4 nitrogen and oxygen atoms in total. The molecule has 2 rings (SSSR count). The molecule has 0 radical (unpaired) electrons. The van der Waals surface area contributed by atoms with Gasteiger partial charge >= 0.3 is 0 Å². The Morgan fingerprint density at radius 3 is 2.76 bits per heavy atom. The monoisotopic (exact) mass is 363 g/mol. The Morgan fingerprint density at radius 1 is 1.53 bits per heavy atom. The van der Waals surface area contributed by atoms with Gasteiger partial charge in [-0.05, 0) is 50.2 Å². The highest BCUT2D eigenvalue weighted by Gasteiger charge is 2.40. The Hall–Kier alpha value is -0.0400. The zero-order valence-corrected chi connectivity index (χ0v) is 12.9. The van der Waals surface area contributed by atoms with Crippen LogP contribution in [0.5, 0.6) is 0 Å². The molecule has 1 aromatic rings. The first-order valence-electron chi connectivity index (χ1n) is 5.51. The summed E-state index contributed by atoms with van der Waals surface area (Å²) in [7, 11) is 0. The van der Waals surface area contributed by atoms with Crippen LogP contribution in [0.1, 0.15) is 32.1 Å². The zero-order valence-electron chi connectivity index (χ0n) is 9.74. The van der Waals surface area contributed by atoms with Gasteiger partial charge in [0.25, 0.3) is 0 Å². The third-order valence-electron chi connectivity index (χ3n) is 3.30.